The lowest BCUT2D eigenvalue weighted by Crippen LogP contribution is -2.04. The number of rotatable bonds is 3. The van der Waals surface area contributed by atoms with Gasteiger partial charge in [-0.3, -0.25) is 4.79 Å². The van der Waals surface area contributed by atoms with Gasteiger partial charge in [0.15, 0.2) is 5.78 Å². The summed E-state index contributed by atoms with van der Waals surface area (Å²) < 4.78 is 5.12. The fourth-order valence-corrected chi connectivity index (χ4v) is 2.16. The van der Waals surface area contributed by atoms with Gasteiger partial charge in [0.05, 0.1) is 7.11 Å². The summed E-state index contributed by atoms with van der Waals surface area (Å²) in [6.45, 7) is 1.86. The average molecular weight is 276 g/mol. The Hall–Kier alpha value is -2.00. The molecule has 0 aromatic heterocycles. The van der Waals surface area contributed by atoms with Gasteiger partial charge >= 0.3 is 0 Å². The molecular weight excluding hydrogens is 262 g/mol. The van der Waals surface area contributed by atoms with E-state index >= 15 is 0 Å². The molecule has 0 fully saturated rings. The molecule has 0 spiro atoms. The van der Waals surface area contributed by atoms with Crippen LogP contribution in [0, 0.1) is 6.92 Å². The Balaban J connectivity index is 2.44. The van der Waals surface area contributed by atoms with E-state index in [-0.39, 0.29) is 5.78 Å². The van der Waals surface area contributed by atoms with Crippen molar-refractivity contribution < 1.29 is 9.53 Å². The van der Waals surface area contributed by atoms with Gasteiger partial charge in [-0.25, -0.2) is 0 Å². The van der Waals surface area contributed by atoms with Crippen molar-refractivity contribution in [1.29, 1.82) is 0 Å². The van der Waals surface area contributed by atoms with E-state index in [0.717, 1.165) is 11.3 Å². The summed E-state index contributed by atoms with van der Waals surface area (Å²) in [5.41, 5.74) is 8.12. The number of methoxy groups -OCH3 is 1. The fraction of sp³-hybridized carbons (Fsp3) is 0.133. The maximum atomic E-state index is 12.4. The number of anilines is 1. The Labute approximate surface area is 117 Å². The summed E-state index contributed by atoms with van der Waals surface area (Å²) in [6, 6.07) is 10.2. The van der Waals surface area contributed by atoms with Crippen LogP contribution in [-0.4, -0.2) is 12.9 Å². The first-order valence-electron chi connectivity index (χ1n) is 5.76. The summed E-state index contributed by atoms with van der Waals surface area (Å²) in [5, 5.41) is 0.453. The second kappa shape index (κ2) is 5.33. The van der Waals surface area contributed by atoms with Gasteiger partial charge in [-0.2, -0.15) is 0 Å². The minimum Gasteiger partial charge on any atom is -0.497 e. The first kappa shape index (κ1) is 13.4. The van der Waals surface area contributed by atoms with Crippen LogP contribution in [0.25, 0.3) is 0 Å². The monoisotopic (exact) mass is 275 g/mol. The van der Waals surface area contributed by atoms with Crippen molar-refractivity contribution in [2.75, 3.05) is 12.8 Å². The molecule has 2 aromatic rings. The van der Waals surface area contributed by atoms with Gasteiger partial charge < -0.3 is 10.5 Å². The topological polar surface area (TPSA) is 52.3 Å². The van der Waals surface area contributed by atoms with Gasteiger partial charge in [0.1, 0.15) is 5.75 Å². The van der Waals surface area contributed by atoms with E-state index in [4.69, 9.17) is 22.1 Å². The van der Waals surface area contributed by atoms with Crippen LogP contribution in [0.3, 0.4) is 0 Å². The number of benzene rings is 2. The molecule has 0 bridgehead atoms. The van der Waals surface area contributed by atoms with Crippen molar-refractivity contribution in [3.05, 3.63) is 58.1 Å². The lowest BCUT2D eigenvalue weighted by Gasteiger charge is -2.08. The van der Waals surface area contributed by atoms with Crippen molar-refractivity contribution in [3.8, 4) is 5.75 Å². The van der Waals surface area contributed by atoms with Crippen LogP contribution in [0.15, 0.2) is 36.4 Å². The molecule has 2 N–H and O–H groups in total. The number of aryl methyl sites for hydroxylation is 1. The molecule has 0 radical (unpaired) electrons. The maximum absolute atomic E-state index is 12.4. The largest absolute Gasteiger partial charge is 0.497 e. The van der Waals surface area contributed by atoms with E-state index < -0.39 is 0 Å². The molecule has 4 heteroatoms. The number of hydrogen-bond acceptors (Lipinski definition) is 3. The molecule has 2 rings (SSSR count). The third kappa shape index (κ3) is 2.88. The van der Waals surface area contributed by atoms with Crippen LogP contribution in [0.2, 0.25) is 5.02 Å². The van der Waals surface area contributed by atoms with Crippen molar-refractivity contribution in [2.24, 2.45) is 0 Å². The molecular formula is C15H14ClNO2. The van der Waals surface area contributed by atoms with E-state index in [0.29, 0.717) is 21.8 Å². The Bertz CT molecular complexity index is 618. The number of nitrogens with two attached hydrogens (primary N) is 1. The minimum atomic E-state index is -0.102. The maximum Gasteiger partial charge on any atom is 0.193 e. The fourth-order valence-electron chi connectivity index (χ4n) is 1.92. The van der Waals surface area contributed by atoms with E-state index in [1.54, 1.807) is 37.4 Å². The third-order valence-corrected chi connectivity index (χ3v) is 3.08. The molecule has 0 heterocycles. The second-order valence-corrected chi connectivity index (χ2v) is 4.72. The van der Waals surface area contributed by atoms with Crippen LogP contribution < -0.4 is 10.5 Å². The normalized spacial score (nSPS) is 10.3. The summed E-state index contributed by atoms with van der Waals surface area (Å²) in [4.78, 5) is 12.4. The minimum absolute atomic E-state index is 0.102. The van der Waals surface area contributed by atoms with Gasteiger partial charge in [-0.15, -0.1) is 0 Å². The van der Waals surface area contributed by atoms with Gasteiger partial charge in [-0.05, 0) is 48.9 Å². The third-order valence-electron chi connectivity index (χ3n) is 2.86. The molecule has 0 aliphatic heterocycles. The average Bonchev–Trinajstić information content (AvgIpc) is 2.36. The molecule has 2 aromatic carbocycles. The number of halogens is 1. The first-order chi connectivity index (χ1) is 9.01. The number of carbonyl (C=O) groups excluding carboxylic acids is 1. The molecule has 0 saturated carbocycles. The predicted molar refractivity (Wildman–Crippen MR) is 77.0 cm³/mol. The van der Waals surface area contributed by atoms with Crippen LogP contribution >= 0.6 is 11.6 Å². The number of nitrogen functional groups attached to an aromatic ring is 1. The lowest BCUT2D eigenvalue weighted by molar-refractivity contribution is 0.103. The van der Waals surface area contributed by atoms with E-state index in [1.165, 1.54) is 0 Å². The first-order valence-corrected chi connectivity index (χ1v) is 6.14. The highest BCUT2D eigenvalue weighted by Crippen LogP contribution is 2.23. The van der Waals surface area contributed by atoms with Gasteiger partial charge in [0.2, 0.25) is 0 Å². The zero-order valence-corrected chi connectivity index (χ0v) is 11.5. The van der Waals surface area contributed by atoms with E-state index in [2.05, 4.69) is 0 Å². The van der Waals surface area contributed by atoms with Crippen LogP contribution in [0.5, 0.6) is 5.75 Å². The number of hydrogen-bond donors (Lipinski definition) is 1. The van der Waals surface area contributed by atoms with Gasteiger partial charge in [0, 0.05) is 21.8 Å². The van der Waals surface area contributed by atoms with Crippen molar-refractivity contribution in [1.82, 2.24) is 0 Å². The zero-order chi connectivity index (χ0) is 14.0. The van der Waals surface area contributed by atoms with Crippen molar-refractivity contribution in [3.63, 3.8) is 0 Å². The standard InChI is InChI=1S/C15H14ClNO2/c1-9-5-13(19-2)3-4-14(9)15(18)10-6-11(16)8-12(17)7-10/h3-8H,17H2,1-2H3. The molecule has 0 amide bonds. The molecule has 0 atom stereocenters. The molecule has 0 unspecified atom stereocenters. The Morgan fingerprint density at radius 1 is 1.21 bits per heavy atom. The van der Waals surface area contributed by atoms with E-state index in [9.17, 15) is 4.79 Å². The Kier molecular flexibility index (Phi) is 3.76. The molecule has 0 saturated heterocycles. The summed E-state index contributed by atoms with van der Waals surface area (Å²) >= 11 is 5.92. The molecule has 0 aliphatic rings. The summed E-state index contributed by atoms with van der Waals surface area (Å²) in [7, 11) is 1.59. The van der Waals surface area contributed by atoms with Gasteiger partial charge in [-0.1, -0.05) is 11.6 Å². The molecule has 0 aliphatic carbocycles. The quantitative estimate of drug-likeness (QED) is 0.689. The summed E-state index contributed by atoms with van der Waals surface area (Å²) in [6.07, 6.45) is 0. The lowest BCUT2D eigenvalue weighted by atomic mass is 9.98. The van der Waals surface area contributed by atoms with Crippen LogP contribution in [0.1, 0.15) is 21.5 Å². The van der Waals surface area contributed by atoms with Crippen molar-refractivity contribution >= 4 is 23.1 Å². The van der Waals surface area contributed by atoms with Crippen molar-refractivity contribution in [2.45, 2.75) is 6.92 Å². The summed E-state index contributed by atoms with van der Waals surface area (Å²) in [5.74, 6) is 0.619. The molecule has 98 valence electrons. The zero-order valence-electron chi connectivity index (χ0n) is 10.7. The van der Waals surface area contributed by atoms with Gasteiger partial charge in [0.25, 0.3) is 0 Å². The molecule has 3 nitrogen and oxygen atoms in total. The van der Waals surface area contributed by atoms with Crippen LogP contribution in [0.4, 0.5) is 5.69 Å². The molecule has 19 heavy (non-hydrogen) atoms. The highest BCUT2D eigenvalue weighted by molar-refractivity contribution is 6.31. The Morgan fingerprint density at radius 2 is 1.95 bits per heavy atom. The highest BCUT2D eigenvalue weighted by Gasteiger charge is 2.13. The van der Waals surface area contributed by atoms with Crippen LogP contribution in [-0.2, 0) is 0 Å². The SMILES string of the molecule is COc1ccc(C(=O)c2cc(N)cc(Cl)c2)c(C)c1. The Morgan fingerprint density at radius 3 is 2.53 bits per heavy atom. The number of ketones is 1. The smallest absolute Gasteiger partial charge is 0.193 e. The number of ether oxygens (including phenoxy) is 1. The highest BCUT2D eigenvalue weighted by atomic mass is 35.5. The second-order valence-electron chi connectivity index (χ2n) is 4.28. The number of carbonyl (C=O) groups is 1. The van der Waals surface area contributed by atoms with E-state index in [1.807, 2.05) is 13.0 Å². The predicted octanol–water partition coefficient (Wildman–Crippen LogP) is 3.47.